The van der Waals surface area contributed by atoms with E-state index in [1.54, 1.807) is 31.2 Å². The summed E-state index contributed by atoms with van der Waals surface area (Å²) in [7, 11) is 0. The highest BCUT2D eigenvalue weighted by atomic mass is 35.5. The number of rotatable bonds is 6. The standard InChI is InChI=1S/C20H21ClN8O2/c1-13(29-12-22-11-24-29)18(30)25-14-4-6-15(7-5-14)26-19(31)17-16(21)10-23-20(27-17)28-8-2-3-9-28/h4-7,10-13H,2-3,8-9H2,1H3,(H,25,30)(H,26,31)/t13-/m0/s1. The molecule has 0 unspecified atom stereocenters. The predicted molar refractivity (Wildman–Crippen MR) is 116 cm³/mol. The molecule has 0 radical (unpaired) electrons. The van der Waals surface area contributed by atoms with Crippen LogP contribution in [0.2, 0.25) is 5.02 Å². The summed E-state index contributed by atoms with van der Waals surface area (Å²) in [4.78, 5) is 39.5. The number of carbonyl (C=O) groups excluding carboxylic acids is 2. The highest BCUT2D eigenvalue weighted by Crippen LogP contribution is 2.21. The van der Waals surface area contributed by atoms with Gasteiger partial charge in [0.05, 0.1) is 11.2 Å². The maximum atomic E-state index is 12.7. The highest BCUT2D eigenvalue weighted by Gasteiger charge is 2.20. The molecule has 10 nitrogen and oxygen atoms in total. The Balaban J connectivity index is 1.40. The molecule has 1 saturated heterocycles. The fourth-order valence-corrected chi connectivity index (χ4v) is 3.37. The van der Waals surface area contributed by atoms with E-state index in [1.807, 2.05) is 4.90 Å². The number of carbonyl (C=O) groups is 2. The minimum atomic E-state index is -0.508. The van der Waals surface area contributed by atoms with E-state index < -0.39 is 11.9 Å². The van der Waals surface area contributed by atoms with Gasteiger partial charge in [-0.2, -0.15) is 5.10 Å². The van der Waals surface area contributed by atoms with Crippen molar-refractivity contribution in [1.82, 2.24) is 24.7 Å². The van der Waals surface area contributed by atoms with Gasteiger partial charge in [-0.15, -0.1) is 0 Å². The number of nitrogens with one attached hydrogen (secondary N) is 2. The molecule has 11 heteroatoms. The van der Waals surface area contributed by atoms with Gasteiger partial charge in [0, 0.05) is 24.5 Å². The zero-order valence-corrected chi connectivity index (χ0v) is 17.6. The highest BCUT2D eigenvalue weighted by molar-refractivity contribution is 6.34. The van der Waals surface area contributed by atoms with Crippen molar-refractivity contribution in [1.29, 1.82) is 0 Å². The molecule has 1 aromatic carbocycles. The molecule has 160 valence electrons. The molecular formula is C20H21ClN8O2. The lowest BCUT2D eigenvalue weighted by atomic mass is 10.2. The number of nitrogens with zero attached hydrogens (tertiary/aromatic N) is 6. The molecule has 1 aliphatic rings. The fraction of sp³-hybridized carbons (Fsp3) is 0.300. The van der Waals surface area contributed by atoms with Crippen LogP contribution in [0.3, 0.4) is 0 Å². The molecule has 2 aromatic heterocycles. The van der Waals surface area contributed by atoms with Gasteiger partial charge in [-0.25, -0.2) is 19.6 Å². The SMILES string of the molecule is C[C@@H](C(=O)Nc1ccc(NC(=O)c2nc(N3CCCC3)ncc2Cl)cc1)n1cncn1. The first kappa shape index (κ1) is 20.7. The summed E-state index contributed by atoms with van der Waals surface area (Å²) >= 11 is 6.16. The lowest BCUT2D eigenvalue weighted by molar-refractivity contribution is -0.119. The number of hydrogen-bond acceptors (Lipinski definition) is 7. The molecule has 1 fully saturated rings. The van der Waals surface area contributed by atoms with Crippen LogP contribution in [0.25, 0.3) is 0 Å². The van der Waals surface area contributed by atoms with Crippen molar-refractivity contribution in [2.75, 3.05) is 28.6 Å². The summed E-state index contributed by atoms with van der Waals surface area (Å²) in [5.74, 6) is -0.152. The second-order valence-corrected chi connectivity index (χ2v) is 7.54. The summed E-state index contributed by atoms with van der Waals surface area (Å²) in [6.45, 7) is 3.46. The van der Waals surface area contributed by atoms with Crippen molar-refractivity contribution in [2.45, 2.75) is 25.8 Å². The zero-order chi connectivity index (χ0) is 21.8. The van der Waals surface area contributed by atoms with Gasteiger partial charge in [-0.1, -0.05) is 11.6 Å². The minimum absolute atomic E-state index is 0.123. The van der Waals surface area contributed by atoms with E-state index in [-0.39, 0.29) is 16.6 Å². The van der Waals surface area contributed by atoms with Crippen LogP contribution in [-0.2, 0) is 4.79 Å². The first-order valence-corrected chi connectivity index (χ1v) is 10.2. The molecular weight excluding hydrogens is 420 g/mol. The number of amides is 2. The lowest BCUT2D eigenvalue weighted by Crippen LogP contribution is -2.24. The molecule has 0 aliphatic carbocycles. The predicted octanol–water partition coefficient (Wildman–Crippen LogP) is 2.77. The zero-order valence-electron chi connectivity index (χ0n) is 16.8. The van der Waals surface area contributed by atoms with Crippen LogP contribution in [0.4, 0.5) is 17.3 Å². The molecule has 0 spiro atoms. The second kappa shape index (κ2) is 9.09. The Morgan fingerprint density at radius 2 is 1.77 bits per heavy atom. The van der Waals surface area contributed by atoms with Gasteiger partial charge < -0.3 is 15.5 Å². The maximum Gasteiger partial charge on any atom is 0.276 e. The van der Waals surface area contributed by atoms with E-state index in [0.29, 0.717) is 17.3 Å². The van der Waals surface area contributed by atoms with Crippen molar-refractivity contribution in [3.63, 3.8) is 0 Å². The normalized spacial score (nSPS) is 14.3. The molecule has 0 bridgehead atoms. The molecule has 2 N–H and O–H groups in total. The Morgan fingerprint density at radius 3 is 2.42 bits per heavy atom. The number of aromatic nitrogens is 5. The third-order valence-electron chi connectivity index (χ3n) is 4.96. The monoisotopic (exact) mass is 440 g/mol. The van der Waals surface area contributed by atoms with Crippen molar-refractivity contribution in [3.05, 3.63) is 53.8 Å². The van der Waals surface area contributed by atoms with Crippen LogP contribution in [0.15, 0.2) is 43.1 Å². The first-order valence-electron chi connectivity index (χ1n) is 9.85. The molecule has 4 rings (SSSR count). The van der Waals surface area contributed by atoms with Gasteiger partial charge in [-0.05, 0) is 44.0 Å². The van der Waals surface area contributed by atoms with Crippen molar-refractivity contribution >= 4 is 40.7 Å². The Morgan fingerprint density at radius 1 is 1.10 bits per heavy atom. The molecule has 1 aliphatic heterocycles. The molecule has 3 heterocycles. The molecule has 3 aromatic rings. The summed E-state index contributed by atoms with van der Waals surface area (Å²) in [5, 5.41) is 9.73. The summed E-state index contributed by atoms with van der Waals surface area (Å²) in [6.07, 6.45) is 6.46. The van der Waals surface area contributed by atoms with Gasteiger partial charge in [0.1, 0.15) is 18.7 Å². The fourth-order valence-electron chi connectivity index (χ4n) is 3.20. The van der Waals surface area contributed by atoms with E-state index >= 15 is 0 Å². The van der Waals surface area contributed by atoms with E-state index in [4.69, 9.17) is 11.6 Å². The number of anilines is 3. The Hall–Kier alpha value is -3.53. The third-order valence-corrected chi connectivity index (χ3v) is 5.24. The van der Waals surface area contributed by atoms with Crippen LogP contribution in [0.1, 0.15) is 36.3 Å². The maximum absolute atomic E-state index is 12.7. The van der Waals surface area contributed by atoms with Crippen LogP contribution < -0.4 is 15.5 Å². The van der Waals surface area contributed by atoms with Crippen LogP contribution >= 0.6 is 11.6 Å². The van der Waals surface area contributed by atoms with Gasteiger partial charge in [0.15, 0.2) is 5.69 Å². The topological polar surface area (TPSA) is 118 Å². The second-order valence-electron chi connectivity index (χ2n) is 7.13. The Labute approximate surface area is 183 Å². The van der Waals surface area contributed by atoms with Gasteiger partial charge in [-0.3, -0.25) is 9.59 Å². The van der Waals surface area contributed by atoms with Gasteiger partial charge in [0.2, 0.25) is 11.9 Å². The minimum Gasteiger partial charge on any atom is -0.341 e. The van der Waals surface area contributed by atoms with Crippen LogP contribution in [0, 0.1) is 0 Å². The molecule has 31 heavy (non-hydrogen) atoms. The van der Waals surface area contributed by atoms with Gasteiger partial charge >= 0.3 is 0 Å². The van der Waals surface area contributed by atoms with Crippen LogP contribution in [-0.4, -0.2) is 49.6 Å². The molecule has 0 saturated carbocycles. The molecule has 2 amide bonds. The average Bonchev–Trinajstić information content (AvgIpc) is 3.49. The summed E-state index contributed by atoms with van der Waals surface area (Å²) in [6, 6.07) is 6.25. The van der Waals surface area contributed by atoms with Crippen molar-refractivity contribution < 1.29 is 9.59 Å². The van der Waals surface area contributed by atoms with E-state index in [9.17, 15) is 9.59 Å². The number of halogens is 1. The quantitative estimate of drug-likeness (QED) is 0.605. The summed E-state index contributed by atoms with van der Waals surface area (Å²) < 4.78 is 1.46. The van der Waals surface area contributed by atoms with Crippen LogP contribution in [0.5, 0.6) is 0 Å². The summed E-state index contributed by atoms with van der Waals surface area (Å²) in [5.41, 5.74) is 1.26. The van der Waals surface area contributed by atoms with E-state index in [2.05, 4.69) is 30.7 Å². The third kappa shape index (κ3) is 4.80. The Bertz CT molecular complexity index is 1070. The van der Waals surface area contributed by atoms with Crippen molar-refractivity contribution in [3.8, 4) is 0 Å². The number of benzene rings is 1. The van der Waals surface area contributed by atoms with E-state index in [1.165, 1.54) is 23.5 Å². The average molecular weight is 441 g/mol. The van der Waals surface area contributed by atoms with Crippen molar-refractivity contribution in [2.24, 2.45) is 0 Å². The van der Waals surface area contributed by atoms with E-state index in [0.717, 1.165) is 25.9 Å². The molecule has 1 atom stereocenters. The first-order chi connectivity index (χ1) is 15.0. The lowest BCUT2D eigenvalue weighted by Gasteiger charge is -2.16. The smallest absolute Gasteiger partial charge is 0.276 e. The Kier molecular flexibility index (Phi) is 6.08. The van der Waals surface area contributed by atoms with Gasteiger partial charge in [0.25, 0.3) is 5.91 Å². The number of hydrogen-bond donors (Lipinski definition) is 2. The largest absolute Gasteiger partial charge is 0.341 e.